The lowest BCUT2D eigenvalue weighted by Gasteiger charge is -2.24. The van der Waals surface area contributed by atoms with E-state index in [2.05, 4.69) is 10.3 Å². The Bertz CT molecular complexity index is 1170. The average molecular weight is 516 g/mol. The number of alkyl halides is 1. The van der Waals surface area contributed by atoms with Crippen LogP contribution in [0.2, 0.25) is 0 Å². The number of rotatable bonds is 9. The van der Waals surface area contributed by atoms with Gasteiger partial charge in [-0.2, -0.15) is 0 Å². The van der Waals surface area contributed by atoms with Crippen LogP contribution in [0, 0.1) is 0 Å². The molecule has 9 heteroatoms. The van der Waals surface area contributed by atoms with Gasteiger partial charge in [0.05, 0.1) is 17.6 Å². The third-order valence-electron chi connectivity index (χ3n) is 6.56. The molecule has 0 spiro atoms. The lowest BCUT2D eigenvalue weighted by Crippen LogP contribution is -2.42. The highest BCUT2D eigenvalue weighted by molar-refractivity contribution is 7.15. The number of allylic oxidation sites excluding steroid dienone is 3. The van der Waals surface area contributed by atoms with Crippen molar-refractivity contribution in [2.45, 2.75) is 76.3 Å². The van der Waals surface area contributed by atoms with Crippen LogP contribution in [-0.2, 0) is 26.6 Å². The summed E-state index contributed by atoms with van der Waals surface area (Å²) < 4.78 is 36.6. The predicted molar refractivity (Wildman–Crippen MR) is 135 cm³/mol. The number of carbonyl (C=O) groups excluding carboxylic acids is 2. The summed E-state index contributed by atoms with van der Waals surface area (Å²) in [5.41, 5.74) is 5.16. The number of nitrogens with zero attached hydrogens (tertiary/aromatic N) is 1. The third-order valence-corrected chi connectivity index (χ3v) is 7.74. The van der Waals surface area contributed by atoms with Crippen molar-refractivity contribution in [2.24, 2.45) is 5.73 Å². The molecular formula is C27H31F2N3O3S. The van der Waals surface area contributed by atoms with Crippen LogP contribution in [0.25, 0.3) is 10.4 Å². The molecule has 192 valence electrons. The summed E-state index contributed by atoms with van der Waals surface area (Å²) in [6, 6.07) is 6.93. The molecule has 1 fully saturated rings. The second-order valence-corrected chi connectivity index (χ2v) is 10.5. The van der Waals surface area contributed by atoms with Crippen molar-refractivity contribution >= 4 is 23.2 Å². The van der Waals surface area contributed by atoms with Gasteiger partial charge in [-0.3, -0.25) is 9.59 Å². The Morgan fingerprint density at radius 2 is 2.03 bits per heavy atom. The normalized spacial score (nSPS) is 21.4. The molecule has 2 aliphatic carbocycles. The molecule has 0 aliphatic heterocycles. The third kappa shape index (κ3) is 6.44. The highest BCUT2D eigenvalue weighted by Gasteiger charge is 2.38. The summed E-state index contributed by atoms with van der Waals surface area (Å²) in [5, 5.41) is 2.55. The van der Waals surface area contributed by atoms with Gasteiger partial charge in [-0.15, -0.1) is 11.3 Å². The van der Waals surface area contributed by atoms with Gasteiger partial charge in [0.1, 0.15) is 16.9 Å². The summed E-state index contributed by atoms with van der Waals surface area (Å²) in [4.78, 5) is 28.5. The first-order valence-corrected chi connectivity index (χ1v) is 13.1. The molecule has 1 saturated carbocycles. The second kappa shape index (κ2) is 11.4. The molecule has 0 radical (unpaired) electrons. The number of thiazole rings is 1. The topological polar surface area (TPSA) is 94.3 Å². The number of nitrogens with two attached hydrogens (primary N) is 1. The van der Waals surface area contributed by atoms with Crippen LogP contribution in [0.1, 0.15) is 62.4 Å². The molecule has 4 rings (SSSR count). The maximum Gasteiger partial charge on any atom is 0.239 e. The van der Waals surface area contributed by atoms with Crippen molar-refractivity contribution in [3.63, 3.8) is 0 Å². The molecule has 1 aromatic carbocycles. The Kier molecular flexibility index (Phi) is 8.31. The molecule has 1 aromatic heterocycles. The Hall–Kier alpha value is -2.91. The minimum absolute atomic E-state index is 0.118. The van der Waals surface area contributed by atoms with Crippen molar-refractivity contribution in [3.05, 3.63) is 64.6 Å². The Labute approximate surface area is 213 Å². The van der Waals surface area contributed by atoms with Crippen molar-refractivity contribution in [2.75, 3.05) is 0 Å². The van der Waals surface area contributed by atoms with Gasteiger partial charge in [-0.1, -0.05) is 49.1 Å². The van der Waals surface area contributed by atoms with Crippen LogP contribution in [0.15, 0.2) is 54.0 Å². The first kappa shape index (κ1) is 26.2. The van der Waals surface area contributed by atoms with E-state index in [0.717, 1.165) is 52.3 Å². The number of nitrogens with one attached hydrogen (secondary N) is 1. The monoisotopic (exact) mass is 515 g/mol. The molecule has 1 heterocycles. The van der Waals surface area contributed by atoms with Crippen LogP contribution >= 0.6 is 11.3 Å². The molecular weight excluding hydrogens is 484 g/mol. The SMILES string of the molecule is C[C@H](NC(=O)CC1=CC(F)=CC(F)(c2ncc(-c3ccccc3COC3CCCCC3)s2)C1)C(N)=O. The molecule has 2 atom stereocenters. The van der Waals surface area contributed by atoms with Gasteiger partial charge < -0.3 is 15.8 Å². The fourth-order valence-electron chi connectivity index (χ4n) is 4.63. The maximum absolute atomic E-state index is 16.0. The molecule has 1 unspecified atom stereocenters. The van der Waals surface area contributed by atoms with Crippen molar-refractivity contribution < 1.29 is 23.1 Å². The fourth-order valence-corrected chi connectivity index (χ4v) is 5.65. The van der Waals surface area contributed by atoms with E-state index in [0.29, 0.717) is 6.61 Å². The molecule has 2 amide bonds. The van der Waals surface area contributed by atoms with Gasteiger partial charge in [0, 0.05) is 19.0 Å². The average Bonchev–Trinajstić information content (AvgIpc) is 3.34. The zero-order valence-corrected chi connectivity index (χ0v) is 21.1. The standard InChI is InChI=1S/C27H31F2N3O3S/c1-17(25(30)34)32-24(33)12-18-11-20(28)14-27(29,13-18)26-31-15-23(36-26)22-10-6-5-7-19(22)16-35-21-8-3-2-4-9-21/h5-7,10-11,14-15,17,21H,2-4,8-9,12-13,16H2,1H3,(H2,30,34)(H,32,33)/t17-,27?/m0/s1. The maximum atomic E-state index is 16.0. The van der Waals surface area contributed by atoms with Gasteiger partial charge in [0.25, 0.3) is 0 Å². The molecule has 3 N–H and O–H groups in total. The summed E-state index contributed by atoms with van der Waals surface area (Å²) in [7, 11) is 0. The van der Waals surface area contributed by atoms with E-state index in [1.807, 2.05) is 24.3 Å². The van der Waals surface area contributed by atoms with E-state index in [1.54, 1.807) is 6.20 Å². The van der Waals surface area contributed by atoms with Gasteiger partial charge in [0.15, 0.2) is 5.67 Å². The number of hydrogen-bond acceptors (Lipinski definition) is 5. The molecule has 2 aromatic rings. The minimum Gasteiger partial charge on any atom is -0.374 e. The van der Waals surface area contributed by atoms with Crippen LogP contribution in [0.4, 0.5) is 8.78 Å². The Morgan fingerprint density at radius 1 is 1.28 bits per heavy atom. The molecule has 0 saturated heterocycles. The highest BCUT2D eigenvalue weighted by atomic mass is 32.1. The van der Waals surface area contributed by atoms with Crippen molar-refractivity contribution in [1.29, 1.82) is 0 Å². The molecule has 0 bridgehead atoms. The molecule has 36 heavy (non-hydrogen) atoms. The summed E-state index contributed by atoms with van der Waals surface area (Å²) >= 11 is 1.16. The highest BCUT2D eigenvalue weighted by Crippen LogP contribution is 2.44. The summed E-state index contributed by atoms with van der Waals surface area (Å²) in [5.74, 6) is -1.99. The molecule has 2 aliphatic rings. The summed E-state index contributed by atoms with van der Waals surface area (Å²) in [6.07, 6.45) is 9.25. The minimum atomic E-state index is -2.18. The first-order chi connectivity index (χ1) is 17.2. The van der Waals surface area contributed by atoms with E-state index in [1.165, 1.54) is 26.2 Å². The van der Waals surface area contributed by atoms with E-state index < -0.39 is 29.4 Å². The first-order valence-electron chi connectivity index (χ1n) is 12.2. The van der Waals surface area contributed by atoms with Crippen LogP contribution < -0.4 is 11.1 Å². The zero-order chi connectivity index (χ0) is 25.7. The van der Waals surface area contributed by atoms with Gasteiger partial charge in [-0.25, -0.2) is 13.8 Å². The van der Waals surface area contributed by atoms with Gasteiger partial charge >= 0.3 is 0 Å². The molecule has 6 nitrogen and oxygen atoms in total. The summed E-state index contributed by atoms with van der Waals surface area (Å²) in [6.45, 7) is 1.92. The zero-order valence-electron chi connectivity index (χ0n) is 20.3. The van der Waals surface area contributed by atoms with Crippen molar-refractivity contribution in [1.82, 2.24) is 10.3 Å². The van der Waals surface area contributed by atoms with Crippen molar-refractivity contribution in [3.8, 4) is 10.4 Å². The number of aromatic nitrogens is 1. The van der Waals surface area contributed by atoms with Gasteiger partial charge in [-0.05, 0) is 43.0 Å². The lowest BCUT2D eigenvalue weighted by atomic mass is 9.89. The van der Waals surface area contributed by atoms with Gasteiger partial charge in [0.2, 0.25) is 11.8 Å². The van der Waals surface area contributed by atoms with E-state index >= 15 is 4.39 Å². The number of halogens is 2. The van der Waals surface area contributed by atoms with E-state index in [-0.39, 0.29) is 29.5 Å². The largest absolute Gasteiger partial charge is 0.374 e. The van der Waals surface area contributed by atoms with E-state index in [9.17, 15) is 14.0 Å². The number of amides is 2. The Balaban J connectivity index is 1.48. The fraction of sp³-hybridized carbons (Fsp3) is 0.444. The lowest BCUT2D eigenvalue weighted by molar-refractivity contribution is -0.126. The predicted octanol–water partition coefficient (Wildman–Crippen LogP) is 5.39. The van der Waals surface area contributed by atoms with Crippen LogP contribution in [0.3, 0.4) is 0 Å². The van der Waals surface area contributed by atoms with E-state index in [4.69, 9.17) is 10.5 Å². The smallest absolute Gasteiger partial charge is 0.239 e. The van der Waals surface area contributed by atoms with Crippen LogP contribution in [0.5, 0.6) is 0 Å². The quantitative estimate of drug-likeness (QED) is 0.468. The second-order valence-electron chi connectivity index (χ2n) is 9.50. The van der Waals surface area contributed by atoms with Crippen LogP contribution in [-0.4, -0.2) is 28.9 Å². The number of carbonyl (C=O) groups is 2. The number of hydrogen-bond donors (Lipinski definition) is 2. The number of ether oxygens (including phenoxy) is 1. The Morgan fingerprint density at radius 3 is 2.78 bits per heavy atom. The number of primary amides is 1. The number of benzene rings is 1.